The zero-order valence-electron chi connectivity index (χ0n) is 12.6. The summed E-state index contributed by atoms with van der Waals surface area (Å²) in [6, 6.07) is 12.5. The molecule has 1 aromatic carbocycles. The van der Waals surface area contributed by atoms with E-state index in [-0.39, 0.29) is 30.0 Å². The molecule has 0 radical (unpaired) electrons. The molecule has 0 fully saturated rings. The third-order valence-electron chi connectivity index (χ3n) is 3.24. The maximum atomic E-state index is 4.25. The molecule has 0 spiro atoms. The smallest absolute Gasteiger partial charge is 0.191 e. The molecule has 2 rings (SSSR count). The molecule has 1 atom stereocenters. The predicted octanol–water partition coefficient (Wildman–Crippen LogP) is 2.46. The van der Waals surface area contributed by atoms with Crippen LogP contribution in [0.1, 0.15) is 24.2 Å². The van der Waals surface area contributed by atoms with Gasteiger partial charge in [0.1, 0.15) is 0 Å². The van der Waals surface area contributed by atoms with Crippen LogP contribution in [0, 0.1) is 0 Å². The number of guanidine groups is 1. The average Bonchev–Trinajstić information content (AvgIpc) is 2.89. The van der Waals surface area contributed by atoms with Crippen molar-refractivity contribution in [2.24, 2.45) is 12.0 Å². The summed E-state index contributed by atoms with van der Waals surface area (Å²) in [5.41, 5.74) is 2.34. The van der Waals surface area contributed by atoms with Crippen LogP contribution in [0.5, 0.6) is 0 Å². The Morgan fingerprint density at radius 1 is 1.29 bits per heavy atom. The van der Waals surface area contributed by atoms with Gasteiger partial charge in [0, 0.05) is 20.3 Å². The van der Waals surface area contributed by atoms with Crippen molar-refractivity contribution in [2.75, 3.05) is 7.05 Å². The van der Waals surface area contributed by atoms with Crippen LogP contribution in [0.2, 0.25) is 0 Å². The first-order valence-electron chi connectivity index (χ1n) is 6.69. The van der Waals surface area contributed by atoms with Crippen molar-refractivity contribution in [3.05, 3.63) is 53.9 Å². The minimum absolute atomic E-state index is 0. The van der Waals surface area contributed by atoms with Crippen molar-refractivity contribution in [3.63, 3.8) is 0 Å². The van der Waals surface area contributed by atoms with Crippen molar-refractivity contribution >= 4 is 29.9 Å². The van der Waals surface area contributed by atoms with Crippen LogP contribution in [-0.2, 0) is 13.6 Å². The Morgan fingerprint density at radius 3 is 2.57 bits per heavy atom. The molecule has 5 nitrogen and oxygen atoms in total. The Balaban J connectivity index is 0.00000220. The van der Waals surface area contributed by atoms with Crippen LogP contribution in [0.15, 0.2) is 47.6 Å². The highest BCUT2D eigenvalue weighted by Gasteiger charge is 2.07. The molecule has 21 heavy (non-hydrogen) atoms. The standard InChI is InChI=1S/C15H21N5.HI/c1-12(13-7-5-4-6-8-13)19-15(16-2)17-11-14-9-10-18-20(14)3;/h4-10,12H,11H2,1-3H3,(H2,16,17,19);1H. The number of hydrogen-bond acceptors (Lipinski definition) is 2. The molecule has 2 aromatic rings. The lowest BCUT2D eigenvalue weighted by molar-refractivity contribution is 0.659. The van der Waals surface area contributed by atoms with Gasteiger partial charge in [0.15, 0.2) is 5.96 Å². The van der Waals surface area contributed by atoms with E-state index in [0.717, 1.165) is 11.7 Å². The van der Waals surface area contributed by atoms with Crippen LogP contribution in [0.4, 0.5) is 0 Å². The number of aromatic nitrogens is 2. The fraction of sp³-hybridized carbons (Fsp3) is 0.333. The van der Waals surface area contributed by atoms with Gasteiger partial charge in [0.05, 0.1) is 18.3 Å². The fourth-order valence-electron chi connectivity index (χ4n) is 1.97. The number of nitrogens with zero attached hydrogens (tertiary/aromatic N) is 3. The predicted molar refractivity (Wildman–Crippen MR) is 96.8 cm³/mol. The van der Waals surface area contributed by atoms with Crippen LogP contribution >= 0.6 is 24.0 Å². The zero-order valence-corrected chi connectivity index (χ0v) is 14.9. The molecule has 114 valence electrons. The third-order valence-corrected chi connectivity index (χ3v) is 3.24. The van der Waals surface area contributed by atoms with Crippen molar-refractivity contribution in [1.82, 2.24) is 20.4 Å². The minimum atomic E-state index is 0. The zero-order chi connectivity index (χ0) is 14.4. The number of aryl methyl sites for hydroxylation is 1. The molecular formula is C15H22IN5. The molecule has 0 aliphatic rings. The normalized spacial score (nSPS) is 12.4. The monoisotopic (exact) mass is 399 g/mol. The number of rotatable bonds is 4. The first kappa shape index (κ1) is 17.5. The Hall–Kier alpha value is -1.57. The lowest BCUT2D eigenvalue weighted by Gasteiger charge is -2.18. The van der Waals surface area contributed by atoms with Gasteiger partial charge < -0.3 is 10.6 Å². The molecule has 2 N–H and O–H groups in total. The lowest BCUT2D eigenvalue weighted by atomic mass is 10.1. The molecule has 1 heterocycles. The van der Waals surface area contributed by atoms with E-state index in [1.807, 2.05) is 36.0 Å². The summed E-state index contributed by atoms with van der Waals surface area (Å²) in [5.74, 6) is 0.780. The first-order valence-corrected chi connectivity index (χ1v) is 6.69. The number of hydrogen-bond donors (Lipinski definition) is 2. The van der Waals surface area contributed by atoms with Gasteiger partial charge >= 0.3 is 0 Å². The van der Waals surface area contributed by atoms with Gasteiger partial charge in [-0.05, 0) is 18.6 Å². The maximum absolute atomic E-state index is 4.25. The molecule has 0 saturated heterocycles. The van der Waals surface area contributed by atoms with Gasteiger partial charge in [-0.2, -0.15) is 5.10 Å². The van der Waals surface area contributed by atoms with Gasteiger partial charge in [-0.15, -0.1) is 24.0 Å². The summed E-state index contributed by atoms with van der Waals surface area (Å²) in [6.45, 7) is 2.81. The summed E-state index contributed by atoms with van der Waals surface area (Å²) < 4.78 is 1.85. The van der Waals surface area contributed by atoms with Crippen LogP contribution in [-0.4, -0.2) is 22.8 Å². The summed E-state index contributed by atoms with van der Waals surface area (Å²) in [6.07, 6.45) is 1.79. The number of halogens is 1. The van der Waals surface area contributed by atoms with Crippen molar-refractivity contribution < 1.29 is 0 Å². The number of benzene rings is 1. The average molecular weight is 399 g/mol. The van der Waals surface area contributed by atoms with Gasteiger partial charge in [0.25, 0.3) is 0 Å². The van der Waals surface area contributed by atoms with Crippen LogP contribution < -0.4 is 10.6 Å². The SMILES string of the molecule is CN=C(NCc1ccnn1C)NC(C)c1ccccc1.I. The van der Waals surface area contributed by atoms with Gasteiger partial charge in [-0.1, -0.05) is 30.3 Å². The van der Waals surface area contributed by atoms with E-state index in [1.54, 1.807) is 13.2 Å². The second-order valence-corrected chi connectivity index (χ2v) is 4.65. The van der Waals surface area contributed by atoms with E-state index in [2.05, 4.69) is 39.8 Å². The Bertz CT molecular complexity index is 564. The topological polar surface area (TPSA) is 54.2 Å². The molecule has 1 aromatic heterocycles. The maximum Gasteiger partial charge on any atom is 0.191 e. The number of aliphatic imine (C=N–C) groups is 1. The van der Waals surface area contributed by atoms with Crippen molar-refractivity contribution in [1.29, 1.82) is 0 Å². The van der Waals surface area contributed by atoms with Gasteiger partial charge in [-0.25, -0.2) is 0 Å². The first-order chi connectivity index (χ1) is 9.70. The summed E-state index contributed by atoms with van der Waals surface area (Å²) in [4.78, 5) is 4.25. The molecular weight excluding hydrogens is 377 g/mol. The summed E-state index contributed by atoms with van der Waals surface area (Å²) >= 11 is 0. The Labute approximate surface area is 142 Å². The quantitative estimate of drug-likeness (QED) is 0.472. The molecule has 0 aliphatic carbocycles. The van der Waals surface area contributed by atoms with Crippen molar-refractivity contribution in [3.8, 4) is 0 Å². The minimum Gasteiger partial charge on any atom is -0.351 e. The van der Waals surface area contributed by atoms with Crippen LogP contribution in [0.3, 0.4) is 0 Å². The molecule has 0 aliphatic heterocycles. The molecule has 0 saturated carbocycles. The van der Waals surface area contributed by atoms with E-state index in [9.17, 15) is 0 Å². The molecule has 0 amide bonds. The summed E-state index contributed by atoms with van der Waals surface area (Å²) in [7, 11) is 3.70. The molecule has 0 bridgehead atoms. The second-order valence-electron chi connectivity index (χ2n) is 4.65. The van der Waals surface area contributed by atoms with E-state index >= 15 is 0 Å². The third kappa shape index (κ3) is 5.04. The van der Waals surface area contributed by atoms with Gasteiger partial charge in [-0.3, -0.25) is 9.67 Å². The van der Waals surface area contributed by atoms with Crippen LogP contribution in [0.25, 0.3) is 0 Å². The number of nitrogens with one attached hydrogen (secondary N) is 2. The fourth-order valence-corrected chi connectivity index (χ4v) is 1.97. The van der Waals surface area contributed by atoms with Crippen molar-refractivity contribution in [2.45, 2.75) is 19.5 Å². The van der Waals surface area contributed by atoms with Gasteiger partial charge in [0.2, 0.25) is 0 Å². The van der Waals surface area contributed by atoms with E-state index in [0.29, 0.717) is 6.54 Å². The molecule has 1 unspecified atom stereocenters. The van der Waals surface area contributed by atoms with E-state index < -0.39 is 0 Å². The highest BCUT2D eigenvalue weighted by molar-refractivity contribution is 14.0. The largest absolute Gasteiger partial charge is 0.351 e. The second kappa shape index (κ2) is 8.66. The summed E-state index contributed by atoms with van der Waals surface area (Å²) in [5, 5.41) is 10.8. The Kier molecular flexibility index (Phi) is 7.21. The van der Waals surface area contributed by atoms with E-state index in [4.69, 9.17) is 0 Å². The lowest BCUT2D eigenvalue weighted by Crippen LogP contribution is -2.38. The van der Waals surface area contributed by atoms with E-state index in [1.165, 1.54) is 5.56 Å². The Morgan fingerprint density at radius 2 is 2.00 bits per heavy atom. The highest BCUT2D eigenvalue weighted by Crippen LogP contribution is 2.10. The molecule has 6 heteroatoms. The highest BCUT2D eigenvalue weighted by atomic mass is 127.